The van der Waals surface area contributed by atoms with Gasteiger partial charge in [-0.1, -0.05) is 0 Å². The molecule has 3 nitrogen and oxygen atoms in total. The summed E-state index contributed by atoms with van der Waals surface area (Å²) >= 11 is 5.00. The van der Waals surface area contributed by atoms with Crippen LogP contribution >= 0.6 is 12.2 Å². The summed E-state index contributed by atoms with van der Waals surface area (Å²) in [4.78, 5) is 4.20. The Bertz CT molecular complexity index is 347. The molecular formula is C10H13N3S. The van der Waals surface area contributed by atoms with Crippen LogP contribution in [-0.4, -0.2) is 17.1 Å². The molecule has 1 aliphatic rings. The smallest absolute Gasteiger partial charge is 0.171 e. The summed E-state index contributed by atoms with van der Waals surface area (Å²) in [6.07, 6.45) is 4.44. The number of anilines is 1. The van der Waals surface area contributed by atoms with E-state index < -0.39 is 0 Å². The van der Waals surface area contributed by atoms with Crippen molar-refractivity contribution in [3.8, 4) is 0 Å². The first-order chi connectivity index (χ1) is 6.79. The van der Waals surface area contributed by atoms with Gasteiger partial charge in [-0.25, -0.2) is 4.98 Å². The second kappa shape index (κ2) is 3.92. The van der Waals surface area contributed by atoms with Crippen molar-refractivity contribution in [2.45, 2.75) is 18.8 Å². The summed E-state index contributed by atoms with van der Waals surface area (Å²) in [6.45, 7) is 0. The fourth-order valence-corrected chi connectivity index (χ4v) is 1.47. The van der Waals surface area contributed by atoms with Crippen molar-refractivity contribution in [2.24, 2.45) is 0 Å². The Hall–Kier alpha value is -1.16. The minimum absolute atomic E-state index is 0.602. The molecule has 0 aromatic carbocycles. The van der Waals surface area contributed by atoms with Crippen molar-refractivity contribution in [3.05, 3.63) is 23.9 Å². The quantitative estimate of drug-likeness (QED) is 0.726. The number of nitrogens with zero attached hydrogens (tertiary/aromatic N) is 1. The Labute approximate surface area is 88.9 Å². The fourth-order valence-electron chi connectivity index (χ4n) is 1.36. The molecule has 1 aliphatic carbocycles. The summed E-state index contributed by atoms with van der Waals surface area (Å²) in [7, 11) is 1.79. The second-order valence-corrected chi connectivity index (χ2v) is 3.86. The molecule has 0 saturated heterocycles. The van der Waals surface area contributed by atoms with E-state index in [1.807, 2.05) is 6.20 Å². The van der Waals surface area contributed by atoms with Crippen molar-refractivity contribution in [1.82, 2.24) is 10.3 Å². The summed E-state index contributed by atoms with van der Waals surface area (Å²) in [5.74, 6) is 1.58. The second-order valence-electron chi connectivity index (χ2n) is 3.45. The van der Waals surface area contributed by atoms with Gasteiger partial charge in [0.05, 0.1) is 0 Å². The molecule has 1 heterocycles. The van der Waals surface area contributed by atoms with Gasteiger partial charge in [-0.15, -0.1) is 0 Å². The number of aromatic nitrogens is 1. The van der Waals surface area contributed by atoms with Crippen LogP contribution in [0, 0.1) is 0 Å². The Morgan fingerprint density at radius 2 is 2.36 bits per heavy atom. The fraction of sp³-hybridized carbons (Fsp3) is 0.400. The van der Waals surface area contributed by atoms with Gasteiger partial charge >= 0.3 is 0 Å². The molecule has 0 spiro atoms. The zero-order valence-electron chi connectivity index (χ0n) is 8.08. The van der Waals surface area contributed by atoms with Crippen molar-refractivity contribution in [3.63, 3.8) is 0 Å². The molecule has 0 atom stereocenters. The molecule has 0 radical (unpaired) electrons. The van der Waals surface area contributed by atoms with Crippen LogP contribution in [0.25, 0.3) is 0 Å². The monoisotopic (exact) mass is 207 g/mol. The van der Waals surface area contributed by atoms with Gasteiger partial charge in [-0.05, 0) is 48.7 Å². The first-order valence-electron chi connectivity index (χ1n) is 4.74. The Balaban J connectivity index is 2.09. The van der Waals surface area contributed by atoms with Gasteiger partial charge in [0.25, 0.3) is 0 Å². The van der Waals surface area contributed by atoms with Crippen LogP contribution < -0.4 is 10.6 Å². The Morgan fingerprint density at radius 1 is 1.57 bits per heavy atom. The van der Waals surface area contributed by atoms with E-state index in [1.54, 1.807) is 7.05 Å². The molecule has 4 heteroatoms. The predicted molar refractivity (Wildman–Crippen MR) is 61.5 cm³/mol. The van der Waals surface area contributed by atoms with E-state index >= 15 is 0 Å². The minimum Gasteiger partial charge on any atom is -0.365 e. The van der Waals surface area contributed by atoms with Crippen molar-refractivity contribution in [2.75, 3.05) is 12.4 Å². The number of thiocarbonyl (C=S) groups is 1. The molecule has 14 heavy (non-hydrogen) atoms. The molecule has 0 amide bonds. The SMILES string of the molecule is CNC(=S)Nc1cc(C2CC2)ccn1. The summed E-state index contributed by atoms with van der Waals surface area (Å²) in [6, 6.07) is 4.15. The van der Waals surface area contributed by atoms with Crippen LogP contribution in [0.3, 0.4) is 0 Å². The molecule has 0 bridgehead atoms. The lowest BCUT2D eigenvalue weighted by Gasteiger charge is -2.06. The van der Waals surface area contributed by atoms with E-state index in [2.05, 4.69) is 27.8 Å². The average Bonchev–Trinajstić information content (AvgIpc) is 3.01. The van der Waals surface area contributed by atoms with Gasteiger partial charge in [0.15, 0.2) is 5.11 Å². The van der Waals surface area contributed by atoms with Gasteiger partial charge in [0, 0.05) is 13.2 Å². The highest BCUT2D eigenvalue weighted by Crippen LogP contribution is 2.40. The van der Waals surface area contributed by atoms with Crippen LogP contribution in [-0.2, 0) is 0 Å². The van der Waals surface area contributed by atoms with Gasteiger partial charge in [-0.3, -0.25) is 0 Å². The third kappa shape index (κ3) is 2.20. The highest BCUT2D eigenvalue weighted by molar-refractivity contribution is 7.80. The molecule has 1 aromatic rings. The van der Waals surface area contributed by atoms with Crippen molar-refractivity contribution in [1.29, 1.82) is 0 Å². The topological polar surface area (TPSA) is 37.0 Å². The number of hydrogen-bond acceptors (Lipinski definition) is 2. The predicted octanol–water partition coefficient (Wildman–Crippen LogP) is 1.88. The number of pyridine rings is 1. The highest BCUT2D eigenvalue weighted by Gasteiger charge is 2.23. The lowest BCUT2D eigenvalue weighted by Crippen LogP contribution is -2.24. The Kier molecular flexibility index (Phi) is 2.63. The maximum absolute atomic E-state index is 5.00. The summed E-state index contributed by atoms with van der Waals surface area (Å²) in [5, 5.41) is 6.48. The first-order valence-corrected chi connectivity index (χ1v) is 5.15. The van der Waals surface area contributed by atoms with E-state index in [1.165, 1.54) is 18.4 Å². The van der Waals surface area contributed by atoms with Crippen molar-refractivity contribution < 1.29 is 0 Å². The van der Waals surface area contributed by atoms with Crippen LogP contribution in [0.4, 0.5) is 5.82 Å². The van der Waals surface area contributed by atoms with Crippen LogP contribution in [0.2, 0.25) is 0 Å². The zero-order valence-corrected chi connectivity index (χ0v) is 8.90. The minimum atomic E-state index is 0.602. The maximum atomic E-state index is 5.00. The van der Waals surface area contributed by atoms with E-state index in [0.29, 0.717) is 5.11 Å². The van der Waals surface area contributed by atoms with E-state index in [0.717, 1.165) is 11.7 Å². The molecule has 1 aromatic heterocycles. The standard InChI is InChI=1S/C10H13N3S/c1-11-10(14)13-9-6-8(4-5-12-9)7-2-3-7/h4-7H,2-3H2,1H3,(H2,11,12,13,14). The van der Waals surface area contributed by atoms with Crippen molar-refractivity contribution >= 4 is 23.1 Å². The van der Waals surface area contributed by atoms with E-state index in [-0.39, 0.29) is 0 Å². The third-order valence-corrected chi connectivity index (χ3v) is 2.61. The van der Waals surface area contributed by atoms with Crippen LogP contribution in [0.5, 0.6) is 0 Å². The maximum Gasteiger partial charge on any atom is 0.171 e. The lowest BCUT2D eigenvalue weighted by atomic mass is 10.2. The zero-order chi connectivity index (χ0) is 9.97. The summed E-state index contributed by atoms with van der Waals surface area (Å²) in [5.41, 5.74) is 1.36. The third-order valence-electron chi connectivity index (χ3n) is 2.30. The first kappa shape index (κ1) is 9.40. The molecule has 2 rings (SSSR count). The molecule has 74 valence electrons. The lowest BCUT2D eigenvalue weighted by molar-refractivity contribution is 1.11. The molecular weight excluding hydrogens is 194 g/mol. The summed E-state index contributed by atoms with van der Waals surface area (Å²) < 4.78 is 0. The molecule has 1 fully saturated rings. The van der Waals surface area contributed by atoms with Gasteiger partial charge in [0.2, 0.25) is 0 Å². The van der Waals surface area contributed by atoms with E-state index in [9.17, 15) is 0 Å². The molecule has 0 unspecified atom stereocenters. The molecule has 0 aliphatic heterocycles. The van der Waals surface area contributed by atoms with E-state index in [4.69, 9.17) is 12.2 Å². The van der Waals surface area contributed by atoms with Gasteiger partial charge in [0.1, 0.15) is 5.82 Å². The molecule has 2 N–H and O–H groups in total. The highest BCUT2D eigenvalue weighted by atomic mass is 32.1. The molecule has 1 saturated carbocycles. The number of rotatable bonds is 2. The number of hydrogen-bond donors (Lipinski definition) is 2. The Morgan fingerprint density at radius 3 is 3.00 bits per heavy atom. The van der Waals surface area contributed by atoms with Gasteiger partial charge in [-0.2, -0.15) is 0 Å². The van der Waals surface area contributed by atoms with Crippen LogP contribution in [0.15, 0.2) is 18.3 Å². The van der Waals surface area contributed by atoms with Crippen LogP contribution in [0.1, 0.15) is 24.3 Å². The average molecular weight is 207 g/mol. The van der Waals surface area contributed by atoms with Gasteiger partial charge < -0.3 is 10.6 Å². The normalized spacial score (nSPS) is 14.9. The number of nitrogens with one attached hydrogen (secondary N) is 2. The largest absolute Gasteiger partial charge is 0.365 e.